The van der Waals surface area contributed by atoms with Crippen molar-refractivity contribution in [3.8, 4) is 0 Å². The molecule has 1 rings (SSSR count). The molecule has 0 unspecified atom stereocenters. The average molecular weight is 388 g/mol. The summed E-state index contributed by atoms with van der Waals surface area (Å²) in [7, 11) is -1.96. The summed E-state index contributed by atoms with van der Waals surface area (Å²) >= 11 is 0. The highest BCUT2D eigenvalue weighted by Gasteiger charge is 2.50. The molecule has 0 aromatic heterocycles. The number of sulfonamides is 1. The van der Waals surface area contributed by atoms with Crippen molar-refractivity contribution in [2.45, 2.75) is 43.7 Å². The number of rotatable bonds is 8. The SMILES string of the molecule is CN=C(NCCCCCOC)NC1CCN(S(=O)(=O)C(F)(F)F)CC1. The van der Waals surface area contributed by atoms with Gasteiger partial charge in [-0.25, -0.2) is 8.42 Å². The van der Waals surface area contributed by atoms with Crippen LogP contribution < -0.4 is 10.6 Å². The van der Waals surface area contributed by atoms with Crippen LogP contribution in [0.25, 0.3) is 0 Å². The summed E-state index contributed by atoms with van der Waals surface area (Å²) in [6.45, 7) is 1.14. The predicted octanol–water partition coefficient (Wildman–Crippen LogP) is 1.28. The van der Waals surface area contributed by atoms with Crippen LogP contribution in [0.4, 0.5) is 13.2 Å². The van der Waals surface area contributed by atoms with E-state index >= 15 is 0 Å². The third-order valence-corrected chi connectivity index (χ3v) is 5.60. The van der Waals surface area contributed by atoms with Crippen LogP contribution in [0.15, 0.2) is 4.99 Å². The maximum atomic E-state index is 12.5. The van der Waals surface area contributed by atoms with Crippen molar-refractivity contribution in [3.63, 3.8) is 0 Å². The number of unbranched alkanes of at least 4 members (excludes halogenated alkanes) is 2. The monoisotopic (exact) mass is 388 g/mol. The highest BCUT2D eigenvalue weighted by atomic mass is 32.2. The van der Waals surface area contributed by atoms with Crippen LogP contribution in [-0.4, -0.2) is 70.6 Å². The zero-order chi connectivity index (χ0) is 18.9. The normalized spacial score (nSPS) is 18.4. The van der Waals surface area contributed by atoms with Crippen LogP contribution in [0.2, 0.25) is 0 Å². The molecule has 11 heteroatoms. The minimum atomic E-state index is -5.24. The summed E-state index contributed by atoms with van der Waals surface area (Å²) in [5, 5.41) is 6.28. The molecule has 0 atom stereocenters. The lowest BCUT2D eigenvalue weighted by molar-refractivity contribution is -0.0494. The topological polar surface area (TPSA) is 83.0 Å². The Morgan fingerprint density at radius 3 is 2.40 bits per heavy atom. The van der Waals surface area contributed by atoms with Gasteiger partial charge in [-0.05, 0) is 32.1 Å². The lowest BCUT2D eigenvalue weighted by Crippen LogP contribution is -2.51. The average Bonchev–Trinajstić information content (AvgIpc) is 2.56. The van der Waals surface area contributed by atoms with Crippen molar-refractivity contribution in [1.82, 2.24) is 14.9 Å². The van der Waals surface area contributed by atoms with E-state index in [4.69, 9.17) is 4.74 Å². The summed E-state index contributed by atoms with van der Waals surface area (Å²) in [4.78, 5) is 4.08. The first-order valence-corrected chi connectivity index (χ1v) is 9.69. The molecule has 2 N–H and O–H groups in total. The lowest BCUT2D eigenvalue weighted by atomic mass is 10.1. The third-order valence-electron chi connectivity index (χ3n) is 3.97. The molecule has 1 heterocycles. The first-order chi connectivity index (χ1) is 11.7. The molecule has 1 saturated heterocycles. The van der Waals surface area contributed by atoms with Gasteiger partial charge in [-0.15, -0.1) is 0 Å². The summed E-state index contributed by atoms with van der Waals surface area (Å²) in [5.41, 5.74) is -5.24. The van der Waals surface area contributed by atoms with E-state index in [0.717, 1.165) is 32.4 Å². The predicted molar refractivity (Wildman–Crippen MR) is 89.8 cm³/mol. The molecule has 0 radical (unpaired) electrons. The Hall–Kier alpha value is -1.07. The van der Waals surface area contributed by atoms with Crippen LogP contribution in [-0.2, 0) is 14.8 Å². The number of aliphatic imine (C=N–C) groups is 1. The molecule has 0 amide bonds. The standard InChI is InChI=1S/C14H27F3N4O3S/c1-18-13(19-8-4-3-5-11-24-2)20-12-6-9-21(10-7-12)25(22,23)14(15,16)17/h12H,3-11H2,1-2H3,(H2,18,19,20). The van der Waals surface area contributed by atoms with Crippen molar-refractivity contribution >= 4 is 16.0 Å². The highest BCUT2D eigenvalue weighted by Crippen LogP contribution is 2.28. The first-order valence-electron chi connectivity index (χ1n) is 8.25. The molecule has 0 aromatic rings. The maximum absolute atomic E-state index is 12.5. The zero-order valence-corrected chi connectivity index (χ0v) is 15.4. The number of alkyl halides is 3. The van der Waals surface area contributed by atoms with Crippen LogP contribution in [0.5, 0.6) is 0 Å². The summed E-state index contributed by atoms with van der Waals surface area (Å²) in [5.74, 6) is 0.573. The van der Waals surface area contributed by atoms with Gasteiger partial charge in [0.15, 0.2) is 5.96 Å². The van der Waals surface area contributed by atoms with Crippen molar-refractivity contribution in [2.75, 3.05) is 40.4 Å². The van der Waals surface area contributed by atoms with E-state index in [1.165, 1.54) is 0 Å². The molecule has 0 saturated carbocycles. The Balaban J connectivity index is 2.35. The molecular weight excluding hydrogens is 361 g/mol. The van der Waals surface area contributed by atoms with E-state index in [2.05, 4.69) is 15.6 Å². The fourth-order valence-corrected chi connectivity index (χ4v) is 3.51. The fraction of sp³-hybridized carbons (Fsp3) is 0.929. The number of ether oxygens (including phenoxy) is 1. The molecule has 0 spiro atoms. The molecule has 0 bridgehead atoms. The molecule has 0 aromatic carbocycles. The zero-order valence-electron chi connectivity index (χ0n) is 14.6. The van der Waals surface area contributed by atoms with Crippen molar-refractivity contribution in [1.29, 1.82) is 0 Å². The maximum Gasteiger partial charge on any atom is 0.511 e. The first kappa shape index (κ1) is 22.0. The minimum Gasteiger partial charge on any atom is -0.385 e. The summed E-state index contributed by atoms with van der Waals surface area (Å²) < 4.78 is 65.9. The Labute approximate surface area is 147 Å². The number of piperidine rings is 1. The van der Waals surface area contributed by atoms with Crippen molar-refractivity contribution in [3.05, 3.63) is 0 Å². The quantitative estimate of drug-likeness (QED) is 0.372. The molecule has 148 valence electrons. The number of nitrogens with zero attached hydrogens (tertiary/aromatic N) is 2. The van der Waals surface area contributed by atoms with Gasteiger partial charge < -0.3 is 15.4 Å². The second kappa shape index (κ2) is 10.2. The number of methoxy groups -OCH3 is 1. The molecule has 0 aliphatic carbocycles. The van der Waals surface area contributed by atoms with Crippen LogP contribution >= 0.6 is 0 Å². The molecule has 25 heavy (non-hydrogen) atoms. The van der Waals surface area contributed by atoms with Crippen LogP contribution in [0.1, 0.15) is 32.1 Å². The van der Waals surface area contributed by atoms with Gasteiger partial charge in [0, 0.05) is 46.4 Å². The third kappa shape index (κ3) is 6.98. The van der Waals surface area contributed by atoms with Crippen molar-refractivity contribution in [2.24, 2.45) is 4.99 Å². The number of hydrogen-bond acceptors (Lipinski definition) is 4. The summed E-state index contributed by atoms with van der Waals surface area (Å²) in [6, 6.07) is -0.112. The Bertz CT molecular complexity index is 518. The summed E-state index contributed by atoms with van der Waals surface area (Å²) in [6.07, 6.45) is 3.54. The number of guanidine groups is 1. The van der Waals surface area contributed by atoms with E-state index in [9.17, 15) is 21.6 Å². The highest BCUT2D eigenvalue weighted by molar-refractivity contribution is 7.90. The fourth-order valence-electron chi connectivity index (χ4n) is 2.53. The second-order valence-corrected chi connectivity index (χ2v) is 7.75. The van der Waals surface area contributed by atoms with Gasteiger partial charge >= 0.3 is 15.5 Å². The van der Waals surface area contributed by atoms with Gasteiger partial charge in [0.1, 0.15) is 0 Å². The second-order valence-electron chi connectivity index (χ2n) is 5.82. The Kier molecular flexibility index (Phi) is 8.94. The number of hydrogen-bond donors (Lipinski definition) is 2. The molecule has 7 nitrogen and oxygen atoms in total. The van der Waals surface area contributed by atoms with Gasteiger partial charge in [-0.3, -0.25) is 4.99 Å². The van der Waals surface area contributed by atoms with Gasteiger partial charge in [-0.2, -0.15) is 17.5 Å². The van der Waals surface area contributed by atoms with E-state index in [-0.39, 0.29) is 19.1 Å². The number of nitrogens with one attached hydrogen (secondary N) is 2. The van der Waals surface area contributed by atoms with Gasteiger partial charge in [-0.1, -0.05) is 0 Å². The van der Waals surface area contributed by atoms with Crippen LogP contribution in [0.3, 0.4) is 0 Å². The molecule has 1 aliphatic rings. The van der Waals surface area contributed by atoms with Crippen LogP contribution in [0, 0.1) is 0 Å². The van der Waals surface area contributed by atoms with Crippen molar-refractivity contribution < 1.29 is 26.3 Å². The molecule has 1 aliphatic heterocycles. The molecular formula is C14H27F3N4O3S. The smallest absolute Gasteiger partial charge is 0.385 e. The number of halogens is 3. The minimum absolute atomic E-state index is 0.112. The van der Waals surface area contributed by atoms with E-state index in [0.29, 0.717) is 23.1 Å². The van der Waals surface area contributed by atoms with E-state index < -0.39 is 15.5 Å². The van der Waals surface area contributed by atoms with Gasteiger partial charge in [0.2, 0.25) is 0 Å². The van der Waals surface area contributed by atoms with E-state index in [1.54, 1.807) is 14.2 Å². The van der Waals surface area contributed by atoms with Gasteiger partial charge in [0.05, 0.1) is 0 Å². The largest absolute Gasteiger partial charge is 0.511 e. The Morgan fingerprint density at radius 2 is 1.88 bits per heavy atom. The molecule has 1 fully saturated rings. The Morgan fingerprint density at radius 1 is 1.24 bits per heavy atom. The lowest BCUT2D eigenvalue weighted by Gasteiger charge is -2.32. The van der Waals surface area contributed by atoms with Gasteiger partial charge in [0.25, 0.3) is 0 Å². The van der Waals surface area contributed by atoms with E-state index in [1.807, 2.05) is 0 Å².